The van der Waals surface area contributed by atoms with E-state index in [1.165, 1.54) is 0 Å². The van der Waals surface area contributed by atoms with Crippen LogP contribution in [0.5, 0.6) is 0 Å². The highest BCUT2D eigenvalue weighted by Gasteiger charge is 2.34. The molecule has 1 aromatic carbocycles. The summed E-state index contributed by atoms with van der Waals surface area (Å²) >= 11 is 0. The van der Waals surface area contributed by atoms with Gasteiger partial charge in [-0.2, -0.15) is 13.2 Å². The summed E-state index contributed by atoms with van der Waals surface area (Å²) in [6, 6.07) is 1.40. The molecular formula is C10H8F6. The first kappa shape index (κ1) is 12.9. The van der Waals surface area contributed by atoms with Gasteiger partial charge in [-0.05, 0) is 17.2 Å². The van der Waals surface area contributed by atoms with Crippen molar-refractivity contribution in [3.05, 3.63) is 34.4 Å². The van der Waals surface area contributed by atoms with Gasteiger partial charge in [-0.1, -0.05) is 6.07 Å². The third-order valence-electron chi connectivity index (χ3n) is 2.24. The van der Waals surface area contributed by atoms with Gasteiger partial charge in [0.15, 0.2) is 0 Å². The average molecular weight is 242 g/mol. The van der Waals surface area contributed by atoms with Gasteiger partial charge >= 0.3 is 6.18 Å². The molecule has 0 aromatic heterocycles. The van der Waals surface area contributed by atoms with Crippen LogP contribution in [-0.4, -0.2) is 0 Å². The number of rotatable bonds is 3. The fourth-order valence-corrected chi connectivity index (χ4v) is 1.45. The standard InChI is InChI=1S/C10H8F6/c11-3-6-1-2-9(10(14,15)16)8(5-13)7(6)4-12/h1-2H,3-5H2. The molecule has 0 aliphatic heterocycles. The van der Waals surface area contributed by atoms with Crippen LogP contribution in [0.15, 0.2) is 12.1 Å². The Morgan fingerprint density at radius 3 is 1.75 bits per heavy atom. The van der Waals surface area contributed by atoms with E-state index < -0.39 is 42.9 Å². The lowest BCUT2D eigenvalue weighted by molar-refractivity contribution is -0.138. The van der Waals surface area contributed by atoms with E-state index in [2.05, 4.69) is 0 Å². The van der Waals surface area contributed by atoms with E-state index >= 15 is 0 Å². The second-order valence-corrected chi connectivity index (χ2v) is 3.13. The molecule has 0 heterocycles. The van der Waals surface area contributed by atoms with E-state index in [9.17, 15) is 26.3 Å². The van der Waals surface area contributed by atoms with Gasteiger partial charge in [0.2, 0.25) is 0 Å². The van der Waals surface area contributed by atoms with Gasteiger partial charge in [0.25, 0.3) is 0 Å². The Morgan fingerprint density at radius 2 is 1.38 bits per heavy atom. The molecule has 0 unspecified atom stereocenters. The summed E-state index contributed by atoms with van der Waals surface area (Å²) in [5, 5.41) is 0. The summed E-state index contributed by atoms with van der Waals surface area (Å²) in [5.41, 5.74) is -2.85. The van der Waals surface area contributed by atoms with Crippen LogP contribution in [0.25, 0.3) is 0 Å². The number of hydrogen-bond acceptors (Lipinski definition) is 0. The Morgan fingerprint density at radius 1 is 0.812 bits per heavy atom. The molecule has 0 saturated heterocycles. The minimum absolute atomic E-state index is 0.247. The molecule has 1 aromatic rings. The summed E-state index contributed by atoms with van der Waals surface area (Å²) in [4.78, 5) is 0. The lowest BCUT2D eigenvalue weighted by Gasteiger charge is -2.15. The van der Waals surface area contributed by atoms with E-state index in [4.69, 9.17) is 0 Å². The highest BCUT2D eigenvalue weighted by molar-refractivity contribution is 5.41. The lowest BCUT2D eigenvalue weighted by atomic mass is 9.97. The topological polar surface area (TPSA) is 0 Å². The minimum Gasteiger partial charge on any atom is -0.246 e. The molecule has 0 aliphatic rings. The van der Waals surface area contributed by atoms with E-state index in [-0.39, 0.29) is 5.56 Å². The van der Waals surface area contributed by atoms with Crippen molar-refractivity contribution >= 4 is 0 Å². The van der Waals surface area contributed by atoms with Gasteiger partial charge in [0.1, 0.15) is 20.0 Å². The SMILES string of the molecule is FCc1ccc(C(F)(F)F)c(CF)c1CF. The molecule has 6 heteroatoms. The Labute approximate surface area is 87.9 Å². The van der Waals surface area contributed by atoms with Crippen molar-refractivity contribution in [2.75, 3.05) is 0 Å². The number of halogens is 6. The Kier molecular flexibility index (Phi) is 3.83. The second-order valence-electron chi connectivity index (χ2n) is 3.13. The smallest absolute Gasteiger partial charge is 0.246 e. The van der Waals surface area contributed by atoms with E-state index in [0.717, 1.165) is 6.07 Å². The first-order valence-electron chi connectivity index (χ1n) is 4.34. The first-order chi connectivity index (χ1) is 7.45. The first-order valence-corrected chi connectivity index (χ1v) is 4.34. The monoisotopic (exact) mass is 242 g/mol. The third-order valence-corrected chi connectivity index (χ3v) is 2.24. The maximum atomic E-state index is 12.5. The van der Waals surface area contributed by atoms with Gasteiger partial charge in [0.05, 0.1) is 5.56 Å². The number of benzene rings is 1. The molecule has 0 N–H and O–H groups in total. The van der Waals surface area contributed by atoms with Gasteiger partial charge in [-0.3, -0.25) is 0 Å². The molecule has 0 saturated carbocycles. The van der Waals surface area contributed by atoms with Crippen LogP contribution in [0.2, 0.25) is 0 Å². The molecule has 0 aliphatic carbocycles. The Hall–Kier alpha value is -1.20. The van der Waals surface area contributed by atoms with Crippen molar-refractivity contribution < 1.29 is 26.3 Å². The van der Waals surface area contributed by atoms with Gasteiger partial charge in [0, 0.05) is 5.56 Å². The molecule has 0 nitrogen and oxygen atoms in total. The molecular weight excluding hydrogens is 234 g/mol. The molecule has 90 valence electrons. The summed E-state index contributed by atoms with van der Waals surface area (Å²) in [6.07, 6.45) is -4.76. The van der Waals surface area contributed by atoms with Crippen LogP contribution >= 0.6 is 0 Å². The Bertz CT molecular complexity index is 368. The van der Waals surface area contributed by atoms with Gasteiger partial charge in [-0.25, -0.2) is 13.2 Å². The predicted octanol–water partition coefficient (Wildman–Crippen LogP) is 4.11. The van der Waals surface area contributed by atoms with Crippen LogP contribution in [0.3, 0.4) is 0 Å². The summed E-state index contributed by atoms with van der Waals surface area (Å²) in [6.45, 7) is -3.91. The van der Waals surface area contributed by atoms with Crippen molar-refractivity contribution in [1.29, 1.82) is 0 Å². The predicted molar refractivity (Wildman–Crippen MR) is 45.9 cm³/mol. The van der Waals surface area contributed by atoms with Crippen LogP contribution in [-0.2, 0) is 26.2 Å². The zero-order valence-corrected chi connectivity index (χ0v) is 8.04. The molecule has 0 atom stereocenters. The van der Waals surface area contributed by atoms with Gasteiger partial charge in [-0.15, -0.1) is 0 Å². The van der Waals surface area contributed by atoms with Crippen molar-refractivity contribution in [1.82, 2.24) is 0 Å². The highest BCUT2D eigenvalue weighted by Crippen LogP contribution is 2.35. The second kappa shape index (κ2) is 4.76. The quantitative estimate of drug-likeness (QED) is 0.699. The van der Waals surface area contributed by atoms with E-state index in [0.29, 0.717) is 6.07 Å². The molecule has 0 fully saturated rings. The molecule has 16 heavy (non-hydrogen) atoms. The largest absolute Gasteiger partial charge is 0.416 e. The lowest BCUT2D eigenvalue weighted by Crippen LogP contribution is -2.11. The average Bonchev–Trinajstić information content (AvgIpc) is 2.25. The summed E-state index contributed by atoms with van der Waals surface area (Å²) < 4.78 is 74.5. The zero-order chi connectivity index (χ0) is 12.3. The number of alkyl halides is 6. The normalized spacial score (nSPS) is 11.9. The maximum absolute atomic E-state index is 12.5. The van der Waals surface area contributed by atoms with Crippen LogP contribution in [0.1, 0.15) is 22.3 Å². The van der Waals surface area contributed by atoms with Crippen LogP contribution < -0.4 is 0 Å². The van der Waals surface area contributed by atoms with Crippen LogP contribution in [0, 0.1) is 0 Å². The molecule has 0 bridgehead atoms. The molecule has 1 rings (SSSR count). The molecule has 0 spiro atoms. The van der Waals surface area contributed by atoms with E-state index in [1.54, 1.807) is 0 Å². The van der Waals surface area contributed by atoms with Crippen molar-refractivity contribution in [3.8, 4) is 0 Å². The summed E-state index contributed by atoms with van der Waals surface area (Å²) in [5.74, 6) is 0. The zero-order valence-electron chi connectivity index (χ0n) is 8.04. The molecule has 0 amide bonds. The van der Waals surface area contributed by atoms with E-state index in [1.807, 2.05) is 0 Å². The van der Waals surface area contributed by atoms with Crippen molar-refractivity contribution in [2.45, 2.75) is 26.2 Å². The minimum atomic E-state index is -4.76. The third kappa shape index (κ3) is 2.31. The molecule has 0 radical (unpaired) electrons. The highest BCUT2D eigenvalue weighted by atomic mass is 19.4. The summed E-state index contributed by atoms with van der Waals surface area (Å²) in [7, 11) is 0. The van der Waals surface area contributed by atoms with Gasteiger partial charge < -0.3 is 0 Å². The van der Waals surface area contributed by atoms with Crippen molar-refractivity contribution in [2.24, 2.45) is 0 Å². The van der Waals surface area contributed by atoms with Crippen molar-refractivity contribution in [3.63, 3.8) is 0 Å². The fourth-order valence-electron chi connectivity index (χ4n) is 1.45. The van der Waals surface area contributed by atoms with Crippen LogP contribution in [0.4, 0.5) is 26.3 Å². The fraction of sp³-hybridized carbons (Fsp3) is 0.400. The Balaban J connectivity index is 3.43. The number of hydrogen-bond donors (Lipinski definition) is 0. The maximum Gasteiger partial charge on any atom is 0.416 e.